The fraction of sp³-hybridized carbons (Fsp3) is 0.615. The lowest BCUT2D eigenvalue weighted by Gasteiger charge is -2.41. The van der Waals surface area contributed by atoms with Crippen molar-refractivity contribution in [2.24, 2.45) is 5.73 Å². The molecule has 1 aromatic heterocycles. The van der Waals surface area contributed by atoms with Crippen LogP contribution in [0, 0.1) is 0 Å². The van der Waals surface area contributed by atoms with Crippen molar-refractivity contribution in [3.8, 4) is 0 Å². The third kappa shape index (κ3) is 3.00. The molecule has 0 bridgehead atoms. The SMILES string of the molecule is CC(N)C(c1ccncc1)N1CCSCC1C. The molecule has 17 heavy (non-hydrogen) atoms. The Kier molecular flexibility index (Phi) is 4.42. The second-order valence-electron chi connectivity index (χ2n) is 4.75. The minimum absolute atomic E-state index is 0.142. The van der Waals surface area contributed by atoms with E-state index in [0.29, 0.717) is 12.1 Å². The summed E-state index contributed by atoms with van der Waals surface area (Å²) < 4.78 is 0. The number of thioether (sulfide) groups is 1. The smallest absolute Gasteiger partial charge is 0.0501 e. The third-order valence-electron chi connectivity index (χ3n) is 3.32. The van der Waals surface area contributed by atoms with E-state index in [-0.39, 0.29) is 6.04 Å². The molecule has 1 aliphatic rings. The number of hydrogen-bond donors (Lipinski definition) is 1. The average Bonchev–Trinajstić information content (AvgIpc) is 2.33. The maximum atomic E-state index is 6.19. The van der Waals surface area contributed by atoms with Crippen molar-refractivity contribution in [2.45, 2.75) is 32.0 Å². The Morgan fingerprint density at radius 2 is 2.18 bits per heavy atom. The lowest BCUT2D eigenvalue weighted by molar-refractivity contribution is 0.143. The topological polar surface area (TPSA) is 42.1 Å². The summed E-state index contributed by atoms with van der Waals surface area (Å²) in [7, 11) is 0. The Balaban J connectivity index is 2.22. The number of hydrogen-bond acceptors (Lipinski definition) is 4. The van der Waals surface area contributed by atoms with Crippen molar-refractivity contribution in [3.63, 3.8) is 0 Å². The molecule has 0 saturated carbocycles. The second kappa shape index (κ2) is 5.85. The first-order chi connectivity index (χ1) is 8.20. The first-order valence-electron chi connectivity index (χ1n) is 6.19. The molecule has 3 atom stereocenters. The van der Waals surface area contributed by atoms with Gasteiger partial charge in [-0.1, -0.05) is 0 Å². The Bertz CT molecular complexity index is 342. The van der Waals surface area contributed by atoms with E-state index in [2.05, 4.69) is 35.9 Å². The highest BCUT2D eigenvalue weighted by Crippen LogP contribution is 2.29. The fourth-order valence-electron chi connectivity index (χ4n) is 2.51. The molecule has 1 fully saturated rings. The number of rotatable bonds is 3. The Hall–Kier alpha value is -0.580. The van der Waals surface area contributed by atoms with Gasteiger partial charge in [0, 0.05) is 42.5 Å². The maximum absolute atomic E-state index is 6.19. The summed E-state index contributed by atoms with van der Waals surface area (Å²) in [5.74, 6) is 2.41. The van der Waals surface area contributed by atoms with Crippen LogP contribution in [0.15, 0.2) is 24.5 Å². The summed E-state index contributed by atoms with van der Waals surface area (Å²) >= 11 is 2.04. The van der Waals surface area contributed by atoms with E-state index in [1.807, 2.05) is 24.2 Å². The molecule has 0 amide bonds. The number of nitrogens with zero attached hydrogens (tertiary/aromatic N) is 2. The molecule has 2 N–H and O–H groups in total. The second-order valence-corrected chi connectivity index (χ2v) is 5.90. The van der Waals surface area contributed by atoms with Crippen molar-refractivity contribution < 1.29 is 0 Å². The van der Waals surface area contributed by atoms with E-state index in [1.54, 1.807) is 0 Å². The van der Waals surface area contributed by atoms with Crippen LogP contribution < -0.4 is 5.73 Å². The third-order valence-corrected chi connectivity index (χ3v) is 4.51. The van der Waals surface area contributed by atoms with Gasteiger partial charge in [-0.05, 0) is 31.5 Å². The zero-order valence-corrected chi connectivity index (χ0v) is 11.4. The highest BCUT2D eigenvalue weighted by Gasteiger charge is 2.29. The summed E-state index contributed by atoms with van der Waals surface area (Å²) in [5, 5.41) is 0. The summed E-state index contributed by atoms with van der Waals surface area (Å²) in [6.45, 7) is 5.52. The normalized spacial score (nSPS) is 25.5. The summed E-state index contributed by atoms with van der Waals surface area (Å²) in [5.41, 5.74) is 7.48. The first kappa shape index (κ1) is 12.9. The van der Waals surface area contributed by atoms with Gasteiger partial charge < -0.3 is 5.73 Å². The van der Waals surface area contributed by atoms with Gasteiger partial charge in [0.2, 0.25) is 0 Å². The van der Waals surface area contributed by atoms with Gasteiger partial charge >= 0.3 is 0 Å². The number of aromatic nitrogens is 1. The zero-order valence-electron chi connectivity index (χ0n) is 10.5. The monoisotopic (exact) mass is 251 g/mol. The van der Waals surface area contributed by atoms with Crippen LogP contribution in [-0.2, 0) is 0 Å². The lowest BCUT2D eigenvalue weighted by atomic mass is 9.99. The molecule has 1 saturated heterocycles. The van der Waals surface area contributed by atoms with Gasteiger partial charge in [-0.2, -0.15) is 11.8 Å². The van der Waals surface area contributed by atoms with Crippen molar-refractivity contribution in [3.05, 3.63) is 30.1 Å². The van der Waals surface area contributed by atoms with Gasteiger partial charge in [0.25, 0.3) is 0 Å². The predicted octanol–water partition coefficient (Wildman–Crippen LogP) is 1.91. The summed E-state index contributed by atoms with van der Waals surface area (Å²) in [6, 6.07) is 5.22. The van der Waals surface area contributed by atoms with Crippen LogP contribution >= 0.6 is 11.8 Å². The molecular weight excluding hydrogens is 230 g/mol. The van der Waals surface area contributed by atoms with Gasteiger partial charge in [-0.25, -0.2) is 0 Å². The van der Waals surface area contributed by atoms with E-state index in [0.717, 1.165) is 6.54 Å². The van der Waals surface area contributed by atoms with Crippen LogP contribution in [0.25, 0.3) is 0 Å². The van der Waals surface area contributed by atoms with Gasteiger partial charge in [0.15, 0.2) is 0 Å². The van der Waals surface area contributed by atoms with E-state index < -0.39 is 0 Å². The van der Waals surface area contributed by atoms with E-state index in [9.17, 15) is 0 Å². The van der Waals surface area contributed by atoms with Gasteiger partial charge in [0.05, 0.1) is 6.04 Å². The highest BCUT2D eigenvalue weighted by atomic mass is 32.2. The Labute approximate surface area is 108 Å². The van der Waals surface area contributed by atoms with Gasteiger partial charge in [-0.3, -0.25) is 9.88 Å². The molecule has 2 rings (SSSR count). The van der Waals surface area contributed by atoms with Crippen LogP contribution in [0.2, 0.25) is 0 Å². The maximum Gasteiger partial charge on any atom is 0.0501 e. The Morgan fingerprint density at radius 3 is 2.76 bits per heavy atom. The quantitative estimate of drug-likeness (QED) is 0.891. The van der Waals surface area contributed by atoms with Crippen molar-refractivity contribution in [2.75, 3.05) is 18.1 Å². The van der Waals surface area contributed by atoms with Crippen molar-refractivity contribution in [1.82, 2.24) is 9.88 Å². The van der Waals surface area contributed by atoms with Crippen LogP contribution in [-0.4, -0.2) is 40.0 Å². The molecule has 1 aromatic rings. The molecule has 0 aromatic carbocycles. The minimum Gasteiger partial charge on any atom is -0.326 e. The molecule has 0 aliphatic carbocycles. The van der Waals surface area contributed by atoms with Gasteiger partial charge in [-0.15, -0.1) is 0 Å². The zero-order chi connectivity index (χ0) is 12.3. The molecule has 2 heterocycles. The minimum atomic E-state index is 0.142. The van der Waals surface area contributed by atoms with Gasteiger partial charge in [0.1, 0.15) is 0 Å². The highest BCUT2D eigenvalue weighted by molar-refractivity contribution is 7.99. The fourth-order valence-corrected chi connectivity index (χ4v) is 3.55. The van der Waals surface area contributed by atoms with E-state index in [1.165, 1.54) is 17.1 Å². The van der Waals surface area contributed by atoms with Crippen LogP contribution in [0.3, 0.4) is 0 Å². The lowest BCUT2D eigenvalue weighted by Crippen LogP contribution is -2.48. The number of nitrogens with two attached hydrogens (primary N) is 1. The average molecular weight is 251 g/mol. The summed E-state index contributed by atoms with van der Waals surface area (Å²) in [4.78, 5) is 6.63. The standard InChI is InChI=1S/C13H21N3S/c1-10-9-17-8-7-16(10)13(11(2)14)12-3-5-15-6-4-12/h3-6,10-11,13H,7-9,14H2,1-2H3. The molecule has 4 heteroatoms. The largest absolute Gasteiger partial charge is 0.326 e. The summed E-state index contributed by atoms with van der Waals surface area (Å²) in [6.07, 6.45) is 3.71. The van der Waals surface area contributed by atoms with Crippen molar-refractivity contribution in [1.29, 1.82) is 0 Å². The molecular formula is C13H21N3S. The van der Waals surface area contributed by atoms with E-state index in [4.69, 9.17) is 5.73 Å². The predicted molar refractivity (Wildman–Crippen MR) is 74.1 cm³/mol. The molecule has 0 radical (unpaired) electrons. The van der Waals surface area contributed by atoms with Crippen LogP contribution in [0.4, 0.5) is 0 Å². The van der Waals surface area contributed by atoms with Crippen LogP contribution in [0.1, 0.15) is 25.5 Å². The number of pyridine rings is 1. The molecule has 3 unspecified atom stereocenters. The van der Waals surface area contributed by atoms with Crippen molar-refractivity contribution >= 4 is 11.8 Å². The molecule has 3 nitrogen and oxygen atoms in total. The van der Waals surface area contributed by atoms with Crippen LogP contribution in [0.5, 0.6) is 0 Å². The first-order valence-corrected chi connectivity index (χ1v) is 7.34. The molecule has 1 aliphatic heterocycles. The molecule has 94 valence electrons. The van der Waals surface area contributed by atoms with E-state index >= 15 is 0 Å². The Morgan fingerprint density at radius 1 is 1.47 bits per heavy atom. The molecule has 0 spiro atoms.